The summed E-state index contributed by atoms with van der Waals surface area (Å²) < 4.78 is 5.65. The molecule has 3 nitrogen and oxygen atoms in total. The van der Waals surface area contributed by atoms with Gasteiger partial charge in [0.2, 0.25) is 5.89 Å². The minimum absolute atomic E-state index is 0.231. The third kappa shape index (κ3) is 1.84. The Bertz CT molecular complexity index is 685. The molecule has 2 aromatic carbocycles. The van der Waals surface area contributed by atoms with Crippen LogP contribution in [-0.2, 0) is 5.60 Å². The first-order valence-electron chi connectivity index (χ1n) is 6.01. The van der Waals surface area contributed by atoms with Crippen LogP contribution in [0.3, 0.4) is 0 Å². The van der Waals surface area contributed by atoms with Gasteiger partial charge in [-0.3, -0.25) is 0 Å². The minimum Gasteiger partial charge on any atom is -0.437 e. The van der Waals surface area contributed by atoms with E-state index in [4.69, 9.17) is 4.42 Å². The SMILES string of the molecule is C=CC(O)(c1ccccc1)c1nc2ccccc2o1. The molecule has 0 radical (unpaired) electrons. The molecule has 1 aromatic heterocycles. The van der Waals surface area contributed by atoms with Crippen molar-refractivity contribution in [2.45, 2.75) is 5.60 Å². The van der Waals surface area contributed by atoms with E-state index in [0.717, 1.165) is 0 Å². The molecule has 0 fully saturated rings. The normalized spacial score (nSPS) is 14.2. The number of benzene rings is 2. The van der Waals surface area contributed by atoms with Crippen molar-refractivity contribution in [3.63, 3.8) is 0 Å². The van der Waals surface area contributed by atoms with Crippen LogP contribution in [0.15, 0.2) is 71.7 Å². The first-order valence-corrected chi connectivity index (χ1v) is 6.01. The summed E-state index contributed by atoms with van der Waals surface area (Å²) in [6, 6.07) is 16.6. The van der Waals surface area contributed by atoms with Crippen molar-refractivity contribution < 1.29 is 9.52 Å². The molecular weight excluding hydrogens is 238 g/mol. The average Bonchev–Trinajstić information content (AvgIpc) is 2.92. The molecule has 0 saturated heterocycles. The highest BCUT2D eigenvalue weighted by molar-refractivity contribution is 5.72. The number of hydrogen-bond acceptors (Lipinski definition) is 3. The Hall–Kier alpha value is -2.39. The molecule has 0 aliphatic carbocycles. The summed E-state index contributed by atoms with van der Waals surface area (Å²) in [4.78, 5) is 4.34. The van der Waals surface area contributed by atoms with E-state index in [1.807, 2.05) is 54.6 Å². The molecule has 1 atom stereocenters. The lowest BCUT2D eigenvalue weighted by Gasteiger charge is -2.20. The van der Waals surface area contributed by atoms with Gasteiger partial charge in [-0.05, 0) is 23.8 Å². The molecule has 0 aliphatic heterocycles. The lowest BCUT2D eigenvalue weighted by molar-refractivity contribution is 0.104. The third-order valence-corrected chi connectivity index (χ3v) is 3.13. The largest absolute Gasteiger partial charge is 0.437 e. The van der Waals surface area contributed by atoms with Gasteiger partial charge in [0.15, 0.2) is 11.2 Å². The van der Waals surface area contributed by atoms with Crippen molar-refractivity contribution in [3.8, 4) is 0 Å². The monoisotopic (exact) mass is 251 g/mol. The van der Waals surface area contributed by atoms with Crippen LogP contribution in [0.2, 0.25) is 0 Å². The molecular formula is C16H13NO2. The van der Waals surface area contributed by atoms with Crippen molar-refractivity contribution >= 4 is 11.1 Å². The maximum atomic E-state index is 10.8. The van der Waals surface area contributed by atoms with E-state index in [9.17, 15) is 5.11 Å². The number of fused-ring (bicyclic) bond motifs is 1. The van der Waals surface area contributed by atoms with E-state index in [0.29, 0.717) is 16.7 Å². The summed E-state index contributed by atoms with van der Waals surface area (Å²) in [7, 11) is 0. The van der Waals surface area contributed by atoms with Crippen LogP contribution < -0.4 is 0 Å². The van der Waals surface area contributed by atoms with Gasteiger partial charge in [0.1, 0.15) is 5.52 Å². The van der Waals surface area contributed by atoms with Crippen LogP contribution in [-0.4, -0.2) is 10.1 Å². The third-order valence-electron chi connectivity index (χ3n) is 3.13. The molecule has 0 bridgehead atoms. The molecule has 1 unspecified atom stereocenters. The Balaban J connectivity index is 2.19. The average molecular weight is 251 g/mol. The Morgan fingerprint density at radius 2 is 1.74 bits per heavy atom. The number of aromatic nitrogens is 1. The summed E-state index contributed by atoms with van der Waals surface area (Å²) in [5.74, 6) is 0.231. The molecule has 3 heteroatoms. The molecule has 0 saturated carbocycles. The first-order chi connectivity index (χ1) is 9.24. The Labute approximate surface area is 110 Å². The van der Waals surface area contributed by atoms with Crippen molar-refractivity contribution in [2.24, 2.45) is 0 Å². The summed E-state index contributed by atoms with van der Waals surface area (Å²) in [6.45, 7) is 3.71. The van der Waals surface area contributed by atoms with Gasteiger partial charge in [-0.1, -0.05) is 49.0 Å². The van der Waals surface area contributed by atoms with Gasteiger partial charge in [-0.15, -0.1) is 0 Å². The Morgan fingerprint density at radius 3 is 2.42 bits per heavy atom. The van der Waals surface area contributed by atoms with E-state index in [1.54, 1.807) is 0 Å². The first kappa shape index (κ1) is 11.7. The van der Waals surface area contributed by atoms with Crippen LogP contribution in [0.1, 0.15) is 11.5 Å². The fourth-order valence-corrected chi connectivity index (χ4v) is 2.06. The fraction of sp³-hybridized carbons (Fsp3) is 0.0625. The van der Waals surface area contributed by atoms with E-state index in [-0.39, 0.29) is 5.89 Å². The van der Waals surface area contributed by atoms with Crippen molar-refractivity contribution in [1.29, 1.82) is 0 Å². The fourth-order valence-electron chi connectivity index (χ4n) is 2.06. The zero-order valence-corrected chi connectivity index (χ0v) is 10.3. The summed E-state index contributed by atoms with van der Waals surface area (Å²) in [6.07, 6.45) is 1.44. The molecule has 19 heavy (non-hydrogen) atoms. The van der Waals surface area contributed by atoms with Gasteiger partial charge in [-0.25, -0.2) is 4.98 Å². The highest BCUT2D eigenvalue weighted by atomic mass is 16.4. The van der Waals surface area contributed by atoms with Crippen LogP contribution in [0.4, 0.5) is 0 Å². The smallest absolute Gasteiger partial charge is 0.236 e. The second-order valence-electron chi connectivity index (χ2n) is 4.32. The Morgan fingerprint density at radius 1 is 1.05 bits per heavy atom. The topological polar surface area (TPSA) is 46.3 Å². The van der Waals surface area contributed by atoms with E-state index < -0.39 is 5.60 Å². The minimum atomic E-state index is -1.42. The zero-order valence-electron chi connectivity index (χ0n) is 10.3. The maximum Gasteiger partial charge on any atom is 0.236 e. The molecule has 1 N–H and O–H groups in total. The van der Waals surface area contributed by atoms with Gasteiger partial charge >= 0.3 is 0 Å². The van der Waals surface area contributed by atoms with E-state index in [2.05, 4.69) is 11.6 Å². The van der Waals surface area contributed by atoms with Crippen molar-refractivity contribution in [2.75, 3.05) is 0 Å². The van der Waals surface area contributed by atoms with Crippen LogP contribution in [0.25, 0.3) is 11.1 Å². The molecule has 0 spiro atoms. The number of hydrogen-bond donors (Lipinski definition) is 1. The second-order valence-corrected chi connectivity index (χ2v) is 4.32. The molecule has 0 aliphatic rings. The van der Waals surface area contributed by atoms with Crippen LogP contribution in [0, 0.1) is 0 Å². The molecule has 3 rings (SSSR count). The van der Waals surface area contributed by atoms with E-state index in [1.165, 1.54) is 6.08 Å². The maximum absolute atomic E-state index is 10.8. The molecule has 0 amide bonds. The van der Waals surface area contributed by atoms with Crippen molar-refractivity contribution in [3.05, 3.63) is 78.7 Å². The van der Waals surface area contributed by atoms with Gasteiger partial charge in [0.25, 0.3) is 0 Å². The predicted molar refractivity (Wildman–Crippen MR) is 73.6 cm³/mol. The number of nitrogens with zero attached hydrogens (tertiary/aromatic N) is 1. The summed E-state index contributed by atoms with van der Waals surface area (Å²) in [5, 5.41) is 10.8. The second kappa shape index (κ2) is 4.37. The molecule has 1 heterocycles. The number of oxazole rings is 1. The van der Waals surface area contributed by atoms with Gasteiger partial charge in [-0.2, -0.15) is 0 Å². The zero-order chi connectivity index (χ0) is 13.3. The van der Waals surface area contributed by atoms with Crippen molar-refractivity contribution in [1.82, 2.24) is 4.98 Å². The van der Waals surface area contributed by atoms with Gasteiger partial charge in [0.05, 0.1) is 0 Å². The van der Waals surface area contributed by atoms with Gasteiger partial charge in [0, 0.05) is 0 Å². The predicted octanol–water partition coefficient (Wildman–Crippen LogP) is 3.25. The highest BCUT2D eigenvalue weighted by Gasteiger charge is 2.33. The number of aliphatic hydroxyl groups is 1. The standard InChI is InChI=1S/C16H13NO2/c1-2-16(18,12-8-4-3-5-9-12)15-17-13-10-6-7-11-14(13)19-15/h2-11,18H,1H2. The number of para-hydroxylation sites is 2. The summed E-state index contributed by atoms with van der Waals surface area (Å²) in [5.41, 5.74) is 0.624. The molecule has 94 valence electrons. The Kier molecular flexibility index (Phi) is 2.69. The van der Waals surface area contributed by atoms with E-state index >= 15 is 0 Å². The lowest BCUT2D eigenvalue weighted by atomic mass is 9.94. The van der Waals surface area contributed by atoms with Gasteiger partial charge < -0.3 is 9.52 Å². The molecule has 3 aromatic rings. The highest BCUT2D eigenvalue weighted by Crippen LogP contribution is 2.32. The summed E-state index contributed by atoms with van der Waals surface area (Å²) >= 11 is 0. The number of rotatable bonds is 3. The lowest BCUT2D eigenvalue weighted by Crippen LogP contribution is -2.24. The van der Waals surface area contributed by atoms with Crippen LogP contribution in [0.5, 0.6) is 0 Å². The quantitative estimate of drug-likeness (QED) is 0.727. The van der Waals surface area contributed by atoms with Crippen LogP contribution >= 0.6 is 0 Å².